The first kappa shape index (κ1) is 17.3. The third-order valence-corrected chi connectivity index (χ3v) is 4.18. The highest BCUT2D eigenvalue weighted by molar-refractivity contribution is 5.86. The van der Waals surface area contributed by atoms with E-state index in [9.17, 15) is 9.59 Å². The van der Waals surface area contributed by atoms with Gasteiger partial charge in [0, 0.05) is 16.7 Å². The first-order valence-electron chi connectivity index (χ1n) is 7.77. The number of hydrogen-bond acceptors (Lipinski definition) is 5. The molecule has 0 N–H and O–H groups in total. The first-order valence-corrected chi connectivity index (χ1v) is 7.77. The van der Waals surface area contributed by atoms with Gasteiger partial charge in [-0.15, -0.1) is 0 Å². The van der Waals surface area contributed by atoms with Gasteiger partial charge in [-0.1, -0.05) is 32.6 Å². The van der Waals surface area contributed by atoms with Crippen LogP contribution >= 0.6 is 0 Å². The van der Waals surface area contributed by atoms with Crippen LogP contribution in [0.15, 0.2) is 36.1 Å². The molecule has 5 heteroatoms. The second-order valence-corrected chi connectivity index (χ2v) is 7.23. The van der Waals surface area contributed by atoms with Crippen molar-refractivity contribution in [2.45, 2.75) is 46.2 Å². The van der Waals surface area contributed by atoms with Crippen molar-refractivity contribution in [3.63, 3.8) is 0 Å². The standard InChI is InChI=1S/C18H25NO4/c1-12(2)15(20)22-9-10-23-16(21)14-17(3,4)11-13-7-8-18(5,6)19(13)14/h7-8,11,14H,1,9-10H2,2-6H3. The number of nitrogens with zero attached hydrogens (tertiary/aromatic N) is 1. The van der Waals surface area contributed by atoms with Crippen LogP contribution in [0.2, 0.25) is 0 Å². The van der Waals surface area contributed by atoms with Crippen molar-refractivity contribution in [1.29, 1.82) is 0 Å². The molecule has 1 atom stereocenters. The fourth-order valence-corrected chi connectivity index (χ4v) is 3.06. The monoisotopic (exact) mass is 319 g/mol. The Hall–Kier alpha value is -2.04. The zero-order valence-corrected chi connectivity index (χ0v) is 14.5. The summed E-state index contributed by atoms with van der Waals surface area (Å²) in [4.78, 5) is 26.0. The third-order valence-electron chi connectivity index (χ3n) is 4.18. The lowest BCUT2D eigenvalue weighted by Gasteiger charge is -2.40. The van der Waals surface area contributed by atoms with Crippen LogP contribution in [0, 0.1) is 5.41 Å². The normalized spacial score (nSPS) is 23.3. The van der Waals surface area contributed by atoms with Crippen molar-refractivity contribution in [3.8, 4) is 0 Å². The quantitative estimate of drug-likeness (QED) is 0.443. The molecule has 2 heterocycles. The number of allylic oxidation sites excluding steroid dienone is 1. The number of carbonyl (C=O) groups excluding carboxylic acids is 2. The van der Waals surface area contributed by atoms with E-state index in [-0.39, 0.29) is 36.2 Å². The molecule has 5 nitrogen and oxygen atoms in total. The molecule has 0 amide bonds. The van der Waals surface area contributed by atoms with E-state index in [0.717, 1.165) is 5.70 Å². The number of hydrogen-bond donors (Lipinski definition) is 0. The van der Waals surface area contributed by atoms with E-state index < -0.39 is 5.97 Å². The molecule has 0 aromatic heterocycles. The van der Waals surface area contributed by atoms with Gasteiger partial charge in [0.15, 0.2) is 0 Å². The molecule has 0 saturated carbocycles. The Morgan fingerprint density at radius 2 is 1.83 bits per heavy atom. The van der Waals surface area contributed by atoms with Crippen LogP contribution in [0.4, 0.5) is 0 Å². The molecule has 2 aliphatic rings. The Labute approximate surface area is 137 Å². The molecule has 0 fully saturated rings. The van der Waals surface area contributed by atoms with E-state index in [0.29, 0.717) is 5.57 Å². The molecule has 0 bridgehead atoms. The van der Waals surface area contributed by atoms with Crippen LogP contribution in [0.3, 0.4) is 0 Å². The number of rotatable bonds is 5. The Morgan fingerprint density at radius 3 is 2.43 bits per heavy atom. The molecule has 0 spiro atoms. The van der Waals surface area contributed by atoms with E-state index in [1.165, 1.54) is 0 Å². The average molecular weight is 319 g/mol. The molecule has 23 heavy (non-hydrogen) atoms. The van der Waals surface area contributed by atoms with E-state index in [4.69, 9.17) is 9.47 Å². The topological polar surface area (TPSA) is 55.8 Å². The average Bonchev–Trinajstić information content (AvgIpc) is 2.86. The number of ether oxygens (including phenoxy) is 2. The summed E-state index contributed by atoms with van der Waals surface area (Å²) in [6.45, 7) is 13.3. The zero-order valence-electron chi connectivity index (χ0n) is 14.5. The Balaban J connectivity index is 1.97. The smallest absolute Gasteiger partial charge is 0.333 e. The number of fused-ring (bicyclic) bond motifs is 1. The van der Waals surface area contributed by atoms with E-state index >= 15 is 0 Å². The van der Waals surface area contributed by atoms with Gasteiger partial charge in [-0.05, 0) is 26.8 Å². The highest BCUT2D eigenvalue weighted by Gasteiger charge is 2.51. The summed E-state index contributed by atoms with van der Waals surface area (Å²) in [7, 11) is 0. The molecule has 0 aliphatic carbocycles. The number of carbonyl (C=O) groups is 2. The molecule has 1 unspecified atom stereocenters. The van der Waals surface area contributed by atoms with Gasteiger partial charge in [0.25, 0.3) is 0 Å². The molecule has 2 rings (SSSR count). The van der Waals surface area contributed by atoms with Gasteiger partial charge >= 0.3 is 11.9 Å². The van der Waals surface area contributed by atoms with Crippen LogP contribution < -0.4 is 0 Å². The predicted octanol–water partition coefficient (Wildman–Crippen LogP) is 2.59. The van der Waals surface area contributed by atoms with Gasteiger partial charge < -0.3 is 14.4 Å². The highest BCUT2D eigenvalue weighted by Crippen LogP contribution is 2.46. The van der Waals surface area contributed by atoms with Crippen LogP contribution in [0.25, 0.3) is 0 Å². The number of esters is 2. The van der Waals surface area contributed by atoms with Gasteiger partial charge in [-0.2, -0.15) is 0 Å². The van der Waals surface area contributed by atoms with Gasteiger partial charge in [-0.3, -0.25) is 0 Å². The molecule has 0 aromatic rings. The first-order chi connectivity index (χ1) is 10.6. The van der Waals surface area contributed by atoms with Gasteiger partial charge in [0.1, 0.15) is 19.3 Å². The summed E-state index contributed by atoms with van der Waals surface area (Å²) in [5.74, 6) is -0.777. The van der Waals surface area contributed by atoms with Crippen LogP contribution in [-0.4, -0.2) is 41.6 Å². The Bertz CT molecular complexity index is 598. The summed E-state index contributed by atoms with van der Waals surface area (Å²) in [6.07, 6.45) is 6.23. The van der Waals surface area contributed by atoms with Crippen molar-refractivity contribution in [3.05, 3.63) is 36.1 Å². The van der Waals surface area contributed by atoms with Crippen molar-refractivity contribution >= 4 is 11.9 Å². The second-order valence-electron chi connectivity index (χ2n) is 7.23. The maximum absolute atomic E-state index is 12.6. The van der Waals surface area contributed by atoms with E-state index in [1.807, 2.05) is 19.9 Å². The SMILES string of the molecule is C=C(C)C(=O)OCCOC(=O)C1N2C(=CC1(C)C)C=CC2(C)C. The van der Waals surface area contributed by atoms with Crippen molar-refractivity contribution in [1.82, 2.24) is 4.90 Å². The minimum absolute atomic E-state index is 0.0342. The van der Waals surface area contributed by atoms with Gasteiger partial charge in [0.2, 0.25) is 0 Å². The Kier molecular flexibility index (Phi) is 4.42. The maximum atomic E-state index is 12.6. The maximum Gasteiger partial charge on any atom is 0.333 e. The minimum Gasteiger partial charge on any atom is -0.461 e. The second kappa shape index (κ2) is 5.87. The summed E-state index contributed by atoms with van der Waals surface area (Å²) in [6, 6.07) is -0.389. The highest BCUT2D eigenvalue weighted by atomic mass is 16.6. The van der Waals surface area contributed by atoms with E-state index in [2.05, 4.69) is 37.5 Å². The lowest BCUT2D eigenvalue weighted by atomic mass is 9.84. The molecule has 0 radical (unpaired) electrons. The lowest BCUT2D eigenvalue weighted by Crippen LogP contribution is -2.51. The van der Waals surface area contributed by atoms with Crippen molar-refractivity contribution in [2.75, 3.05) is 13.2 Å². The van der Waals surface area contributed by atoms with Crippen molar-refractivity contribution in [2.24, 2.45) is 5.41 Å². The molecule has 126 valence electrons. The van der Waals surface area contributed by atoms with Crippen LogP contribution in [0.5, 0.6) is 0 Å². The molecular weight excluding hydrogens is 294 g/mol. The Morgan fingerprint density at radius 1 is 1.22 bits per heavy atom. The molecule has 0 saturated heterocycles. The largest absolute Gasteiger partial charge is 0.461 e. The van der Waals surface area contributed by atoms with Crippen LogP contribution in [-0.2, 0) is 19.1 Å². The van der Waals surface area contributed by atoms with E-state index in [1.54, 1.807) is 6.92 Å². The summed E-state index contributed by atoms with van der Waals surface area (Å²) in [5.41, 5.74) is 0.834. The lowest BCUT2D eigenvalue weighted by molar-refractivity contribution is -0.157. The summed E-state index contributed by atoms with van der Waals surface area (Å²) >= 11 is 0. The fourth-order valence-electron chi connectivity index (χ4n) is 3.06. The van der Waals surface area contributed by atoms with Gasteiger partial charge in [-0.25, -0.2) is 9.59 Å². The molecule has 2 aliphatic heterocycles. The fraction of sp³-hybridized carbons (Fsp3) is 0.556. The van der Waals surface area contributed by atoms with Gasteiger partial charge in [0.05, 0.1) is 5.54 Å². The predicted molar refractivity (Wildman–Crippen MR) is 87.4 cm³/mol. The minimum atomic E-state index is -0.476. The third kappa shape index (κ3) is 3.33. The van der Waals surface area contributed by atoms with Crippen molar-refractivity contribution < 1.29 is 19.1 Å². The van der Waals surface area contributed by atoms with Crippen LogP contribution in [0.1, 0.15) is 34.6 Å². The summed E-state index contributed by atoms with van der Waals surface area (Å²) < 4.78 is 10.3. The molecule has 0 aromatic carbocycles. The zero-order chi connectivity index (χ0) is 17.4. The summed E-state index contributed by atoms with van der Waals surface area (Å²) in [5, 5.41) is 0. The molecular formula is C18H25NO4.